The van der Waals surface area contributed by atoms with Crippen LogP contribution in [-0.4, -0.2) is 28.6 Å². The molecule has 10 heteroatoms. The normalized spacial score (nSPS) is 17.3. The van der Waals surface area contributed by atoms with Crippen LogP contribution >= 0.6 is 11.8 Å². The zero-order valence-electron chi connectivity index (χ0n) is 18.7. The molecule has 2 atom stereocenters. The number of Topliss-reactive ketones (excluding diaryl/α,β-unsaturated/α-hetero) is 1. The Kier molecular flexibility index (Phi) is 6.79. The van der Waals surface area contributed by atoms with Crippen LogP contribution in [0.1, 0.15) is 33.1 Å². The van der Waals surface area contributed by atoms with Gasteiger partial charge in [0.15, 0.2) is 0 Å². The molecule has 4 rings (SSSR count). The number of hydrogen-bond donors (Lipinski definition) is 0. The van der Waals surface area contributed by atoms with E-state index in [1.54, 1.807) is 12.1 Å². The van der Waals surface area contributed by atoms with Gasteiger partial charge in [-0.25, -0.2) is 0 Å². The first kappa shape index (κ1) is 25.7. The molecule has 0 saturated heterocycles. The second kappa shape index (κ2) is 9.25. The van der Waals surface area contributed by atoms with Crippen molar-refractivity contribution < 1.29 is 35.9 Å². The molecule has 0 aliphatic carbocycles. The van der Waals surface area contributed by atoms with Crippen LogP contribution in [0.15, 0.2) is 52.2 Å². The molecule has 0 fully saturated rings. The standard InChI is InChI=1S/C25H19AsF6O2S/c1-12-10-13-7-5-9-16(34-3)17(13)19(20(12)25(30,31)32)22-21(33)18(23(26-2)35-22)14-6-4-8-15(11-14)24(27,28)29/h4-11,22,26H,1-3H3. The van der Waals surface area contributed by atoms with E-state index < -0.39 is 50.3 Å². The van der Waals surface area contributed by atoms with E-state index in [2.05, 4.69) is 0 Å². The Hall–Kier alpha value is -2.38. The SMILES string of the molecule is COc1cccc2cc(C)c(C(F)(F)F)c(C3SC([AsH]C)=C(c4cccc(C(F)(F)F)c4)C3=O)c12. The predicted molar refractivity (Wildman–Crippen MR) is 127 cm³/mol. The van der Waals surface area contributed by atoms with Gasteiger partial charge in [-0.2, -0.15) is 0 Å². The zero-order valence-corrected chi connectivity index (χ0v) is 21.6. The molecular formula is C25H19AsF6O2S. The molecular weight excluding hydrogens is 553 g/mol. The van der Waals surface area contributed by atoms with Crippen molar-refractivity contribution in [3.8, 4) is 5.75 Å². The van der Waals surface area contributed by atoms with E-state index in [4.69, 9.17) is 4.74 Å². The molecule has 3 aromatic rings. The third kappa shape index (κ3) is 4.60. The van der Waals surface area contributed by atoms with Crippen LogP contribution < -0.4 is 4.74 Å². The first-order chi connectivity index (χ1) is 16.4. The number of methoxy groups -OCH3 is 1. The summed E-state index contributed by atoms with van der Waals surface area (Å²) in [7, 11) is 1.34. The number of ether oxygens (including phenoxy) is 1. The summed E-state index contributed by atoms with van der Waals surface area (Å²) in [6, 6.07) is 10.6. The van der Waals surface area contributed by atoms with Gasteiger partial charge >= 0.3 is 209 Å². The number of benzene rings is 3. The number of halogens is 6. The van der Waals surface area contributed by atoms with E-state index in [1.165, 1.54) is 38.3 Å². The molecule has 1 aliphatic rings. The molecule has 1 aliphatic heterocycles. The molecule has 0 N–H and O–H groups in total. The molecule has 2 unspecified atom stereocenters. The van der Waals surface area contributed by atoms with Crippen molar-refractivity contribution in [1.29, 1.82) is 0 Å². The minimum atomic E-state index is -4.75. The van der Waals surface area contributed by atoms with Crippen molar-refractivity contribution >= 4 is 49.6 Å². The van der Waals surface area contributed by atoms with Crippen LogP contribution in [0, 0.1) is 6.92 Å². The molecule has 2 nitrogen and oxygen atoms in total. The third-order valence-electron chi connectivity index (χ3n) is 5.78. The molecule has 3 aromatic carbocycles. The topological polar surface area (TPSA) is 26.3 Å². The van der Waals surface area contributed by atoms with Crippen LogP contribution in [0.2, 0.25) is 5.71 Å². The molecule has 0 bridgehead atoms. The molecule has 1 heterocycles. The molecule has 0 amide bonds. The fourth-order valence-corrected chi connectivity index (χ4v) is 8.22. The quantitative estimate of drug-likeness (QED) is 0.241. The van der Waals surface area contributed by atoms with Gasteiger partial charge < -0.3 is 0 Å². The average Bonchev–Trinajstić information content (AvgIpc) is 3.12. The fraction of sp³-hybridized carbons (Fsp3) is 0.240. The Bertz CT molecular complexity index is 1360. The Morgan fingerprint density at radius 1 is 0.971 bits per heavy atom. The van der Waals surface area contributed by atoms with Crippen molar-refractivity contribution in [2.45, 2.75) is 30.2 Å². The summed E-state index contributed by atoms with van der Waals surface area (Å²) in [5, 5.41) is -0.590. The summed E-state index contributed by atoms with van der Waals surface area (Å²) in [5.74, 6) is -0.434. The first-order valence-corrected chi connectivity index (χ1v) is 14.4. The van der Waals surface area contributed by atoms with Crippen LogP contribution in [0.5, 0.6) is 5.75 Å². The van der Waals surface area contributed by atoms with Crippen molar-refractivity contribution in [3.05, 3.63) is 80.0 Å². The van der Waals surface area contributed by atoms with Crippen LogP contribution in [0.25, 0.3) is 16.3 Å². The monoisotopic (exact) mass is 572 g/mol. The van der Waals surface area contributed by atoms with Crippen molar-refractivity contribution in [3.63, 3.8) is 0 Å². The summed E-state index contributed by atoms with van der Waals surface area (Å²) in [5.41, 5.74) is -0.101. The number of alkyl halides is 6. The summed E-state index contributed by atoms with van der Waals surface area (Å²) in [6.45, 7) is 1.34. The number of ketones is 1. The van der Waals surface area contributed by atoms with Crippen LogP contribution in [-0.2, 0) is 17.1 Å². The molecule has 184 valence electrons. The number of rotatable bonds is 4. The number of carbonyl (C=O) groups is 1. The number of carbonyl (C=O) groups excluding carboxylic acids is 1. The molecule has 35 heavy (non-hydrogen) atoms. The summed E-state index contributed by atoms with van der Waals surface area (Å²) < 4.78 is 88.9. The first-order valence-electron chi connectivity index (χ1n) is 10.4. The van der Waals surface area contributed by atoms with E-state index in [0.717, 1.165) is 23.9 Å². The van der Waals surface area contributed by atoms with E-state index in [1.807, 2.05) is 5.71 Å². The summed E-state index contributed by atoms with van der Waals surface area (Å²) >= 11 is 0.0386. The Labute approximate surface area is 208 Å². The molecule has 0 saturated carbocycles. The molecule has 0 aromatic heterocycles. The Morgan fingerprint density at radius 3 is 2.26 bits per heavy atom. The van der Waals surface area contributed by atoms with Gasteiger partial charge in [0.25, 0.3) is 0 Å². The molecule has 0 radical (unpaired) electrons. The minimum absolute atomic E-state index is 0.0387. The summed E-state index contributed by atoms with van der Waals surface area (Å²) in [6.07, 6.45) is -9.37. The van der Waals surface area contributed by atoms with Gasteiger partial charge in [0.1, 0.15) is 0 Å². The second-order valence-electron chi connectivity index (χ2n) is 7.93. The van der Waals surface area contributed by atoms with Crippen molar-refractivity contribution in [1.82, 2.24) is 0 Å². The van der Waals surface area contributed by atoms with Crippen molar-refractivity contribution in [2.75, 3.05) is 7.11 Å². The van der Waals surface area contributed by atoms with Crippen LogP contribution in [0.4, 0.5) is 26.3 Å². The number of aryl methyl sites for hydroxylation is 1. The van der Waals surface area contributed by atoms with Gasteiger partial charge in [-0.05, 0) is 0 Å². The second-order valence-corrected chi connectivity index (χ2v) is 11.9. The van der Waals surface area contributed by atoms with Gasteiger partial charge in [0.2, 0.25) is 0 Å². The van der Waals surface area contributed by atoms with E-state index in [9.17, 15) is 31.1 Å². The van der Waals surface area contributed by atoms with Gasteiger partial charge in [0.05, 0.1) is 0 Å². The van der Waals surface area contributed by atoms with E-state index in [-0.39, 0.29) is 33.4 Å². The Morgan fingerprint density at radius 2 is 1.66 bits per heavy atom. The average molecular weight is 572 g/mol. The zero-order chi connectivity index (χ0) is 25.7. The number of fused-ring (bicyclic) bond motifs is 1. The maximum atomic E-state index is 14.3. The van der Waals surface area contributed by atoms with Gasteiger partial charge in [0, 0.05) is 0 Å². The molecule has 0 spiro atoms. The van der Waals surface area contributed by atoms with Crippen LogP contribution in [0.3, 0.4) is 0 Å². The Balaban J connectivity index is 1.97. The van der Waals surface area contributed by atoms with Crippen molar-refractivity contribution in [2.24, 2.45) is 0 Å². The maximum absolute atomic E-state index is 14.3. The number of allylic oxidation sites excluding steroid dienone is 1. The van der Waals surface area contributed by atoms with Gasteiger partial charge in [-0.3, -0.25) is 0 Å². The van der Waals surface area contributed by atoms with E-state index >= 15 is 0 Å². The van der Waals surface area contributed by atoms with Gasteiger partial charge in [-0.1, -0.05) is 0 Å². The number of hydrogen-bond acceptors (Lipinski definition) is 3. The van der Waals surface area contributed by atoms with Gasteiger partial charge in [-0.15, -0.1) is 0 Å². The fourth-order valence-electron chi connectivity index (χ4n) is 4.38. The third-order valence-corrected chi connectivity index (χ3v) is 10.2. The number of thioether (sulfide) groups is 1. The predicted octanol–water partition coefficient (Wildman–Crippen LogP) is 7.40. The summed E-state index contributed by atoms with van der Waals surface area (Å²) in [4.78, 5) is 13.7. The van der Waals surface area contributed by atoms with E-state index in [0.29, 0.717) is 9.08 Å².